The van der Waals surface area contributed by atoms with Gasteiger partial charge in [0.2, 0.25) is 0 Å². The quantitative estimate of drug-likeness (QED) is 0.846. The van der Waals surface area contributed by atoms with Gasteiger partial charge in [-0.05, 0) is 32.0 Å². The van der Waals surface area contributed by atoms with Crippen LogP contribution in [-0.2, 0) is 6.54 Å². The number of aliphatic hydroxyl groups excluding tert-OH is 1. The molecule has 0 radical (unpaired) electrons. The Labute approximate surface area is 117 Å². The number of hydrogen-bond donors (Lipinski definition) is 2. The van der Waals surface area contributed by atoms with Gasteiger partial charge in [-0.3, -0.25) is 9.67 Å². The molecule has 6 heteroatoms. The van der Waals surface area contributed by atoms with Crippen LogP contribution in [0.3, 0.4) is 0 Å². The third-order valence-electron chi connectivity index (χ3n) is 2.93. The van der Waals surface area contributed by atoms with Gasteiger partial charge in [0.15, 0.2) is 0 Å². The fourth-order valence-corrected chi connectivity index (χ4v) is 1.79. The lowest BCUT2D eigenvalue weighted by molar-refractivity contribution is 0.169. The van der Waals surface area contributed by atoms with Gasteiger partial charge >= 0.3 is 0 Å². The summed E-state index contributed by atoms with van der Waals surface area (Å²) in [4.78, 5) is 3.85. The lowest BCUT2D eigenvalue weighted by Gasteiger charge is -2.10. The average Bonchev–Trinajstić information content (AvgIpc) is 2.88. The molecule has 0 aliphatic rings. The highest BCUT2D eigenvalue weighted by Gasteiger charge is 2.09. The van der Waals surface area contributed by atoms with E-state index in [9.17, 15) is 9.50 Å². The molecule has 0 aliphatic heterocycles. The number of nitrogens with zero attached hydrogens (tertiary/aromatic N) is 3. The Morgan fingerprint density at radius 1 is 1.35 bits per heavy atom. The van der Waals surface area contributed by atoms with Crippen LogP contribution in [0.5, 0.6) is 0 Å². The predicted molar refractivity (Wildman–Crippen MR) is 73.5 cm³/mol. The van der Waals surface area contributed by atoms with E-state index in [1.165, 1.54) is 12.1 Å². The monoisotopic (exact) mass is 278 g/mol. The summed E-state index contributed by atoms with van der Waals surface area (Å²) in [6.45, 7) is 5.04. The predicted octanol–water partition coefficient (Wildman–Crippen LogP) is 1.82. The van der Waals surface area contributed by atoms with E-state index in [-0.39, 0.29) is 0 Å². The van der Waals surface area contributed by atoms with Crippen molar-refractivity contribution in [1.82, 2.24) is 20.1 Å². The minimum Gasteiger partial charge on any atom is -0.385 e. The molecule has 0 saturated heterocycles. The average molecular weight is 278 g/mol. The molecule has 2 N–H and O–H groups in total. The third-order valence-corrected chi connectivity index (χ3v) is 2.93. The standard InChI is InChI=1S/C14H19FN4O/c1-10(2)19-6-5-12(18-19)8-16-9-14(20)13-4-3-11(15)7-17-13/h3-7,10,14,16,20H,8-9H2,1-2H3. The van der Waals surface area contributed by atoms with E-state index in [0.717, 1.165) is 11.9 Å². The van der Waals surface area contributed by atoms with Gasteiger partial charge < -0.3 is 10.4 Å². The number of hydrogen-bond acceptors (Lipinski definition) is 4. The lowest BCUT2D eigenvalue weighted by Crippen LogP contribution is -2.22. The second-order valence-corrected chi connectivity index (χ2v) is 4.93. The number of halogens is 1. The molecule has 0 aliphatic carbocycles. The second kappa shape index (κ2) is 6.58. The van der Waals surface area contributed by atoms with E-state index >= 15 is 0 Å². The maximum Gasteiger partial charge on any atom is 0.141 e. The van der Waals surface area contributed by atoms with E-state index < -0.39 is 11.9 Å². The molecule has 1 unspecified atom stereocenters. The summed E-state index contributed by atoms with van der Waals surface area (Å²) in [6.07, 6.45) is 2.27. The molecule has 2 aromatic heterocycles. The van der Waals surface area contributed by atoms with Gasteiger partial charge in [-0.2, -0.15) is 5.10 Å². The topological polar surface area (TPSA) is 63.0 Å². The number of aliphatic hydroxyl groups is 1. The smallest absolute Gasteiger partial charge is 0.141 e. The molecule has 108 valence electrons. The molecule has 0 aromatic carbocycles. The van der Waals surface area contributed by atoms with E-state index in [2.05, 4.69) is 29.2 Å². The zero-order valence-electron chi connectivity index (χ0n) is 11.6. The summed E-state index contributed by atoms with van der Waals surface area (Å²) in [5.41, 5.74) is 1.37. The van der Waals surface area contributed by atoms with Crippen molar-refractivity contribution in [1.29, 1.82) is 0 Å². The van der Waals surface area contributed by atoms with Crippen molar-refractivity contribution in [2.45, 2.75) is 32.5 Å². The number of aromatic nitrogens is 3. The van der Waals surface area contributed by atoms with Crippen molar-refractivity contribution in [3.8, 4) is 0 Å². The van der Waals surface area contributed by atoms with E-state index in [0.29, 0.717) is 24.8 Å². The largest absolute Gasteiger partial charge is 0.385 e. The molecule has 0 spiro atoms. The summed E-state index contributed by atoms with van der Waals surface area (Å²) >= 11 is 0. The van der Waals surface area contributed by atoms with Gasteiger partial charge in [0.1, 0.15) is 11.9 Å². The molecule has 1 atom stereocenters. The van der Waals surface area contributed by atoms with Crippen LogP contribution in [-0.4, -0.2) is 26.4 Å². The van der Waals surface area contributed by atoms with Crippen LogP contribution >= 0.6 is 0 Å². The molecule has 0 amide bonds. The van der Waals surface area contributed by atoms with Crippen molar-refractivity contribution in [2.75, 3.05) is 6.54 Å². The first-order valence-corrected chi connectivity index (χ1v) is 6.60. The Morgan fingerprint density at radius 2 is 2.15 bits per heavy atom. The van der Waals surface area contributed by atoms with Gasteiger partial charge in [-0.25, -0.2) is 4.39 Å². The van der Waals surface area contributed by atoms with Crippen LogP contribution in [0.4, 0.5) is 4.39 Å². The van der Waals surface area contributed by atoms with Crippen LogP contribution in [0.2, 0.25) is 0 Å². The van der Waals surface area contributed by atoms with Crippen molar-refractivity contribution < 1.29 is 9.50 Å². The van der Waals surface area contributed by atoms with Crippen LogP contribution in [0.15, 0.2) is 30.6 Å². The molecule has 5 nitrogen and oxygen atoms in total. The summed E-state index contributed by atoms with van der Waals surface area (Å²) in [5.74, 6) is -0.409. The first-order chi connectivity index (χ1) is 9.56. The molecular formula is C14H19FN4O. The Kier molecular flexibility index (Phi) is 4.81. The lowest BCUT2D eigenvalue weighted by atomic mass is 10.2. The maximum atomic E-state index is 12.7. The molecule has 0 fully saturated rings. The van der Waals surface area contributed by atoms with Crippen LogP contribution < -0.4 is 5.32 Å². The molecule has 0 saturated carbocycles. The van der Waals surface area contributed by atoms with Crippen LogP contribution in [0.1, 0.15) is 37.4 Å². The van der Waals surface area contributed by atoms with Crippen LogP contribution in [0.25, 0.3) is 0 Å². The molecule has 20 heavy (non-hydrogen) atoms. The summed E-state index contributed by atoms with van der Waals surface area (Å²) in [5, 5.41) is 17.4. The van der Waals surface area contributed by atoms with Crippen molar-refractivity contribution in [3.63, 3.8) is 0 Å². The maximum absolute atomic E-state index is 12.7. The number of pyridine rings is 1. The van der Waals surface area contributed by atoms with Gasteiger partial charge in [0, 0.05) is 25.3 Å². The summed E-state index contributed by atoms with van der Waals surface area (Å²) in [7, 11) is 0. The Bertz CT molecular complexity index is 538. The Hall–Kier alpha value is -1.79. The SMILES string of the molecule is CC(C)n1ccc(CNCC(O)c2ccc(F)cn2)n1. The van der Waals surface area contributed by atoms with Gasteiger partial charge in [-0.1, -0.05) is 0 Å². The van der Waals surface area contributed by atoms with Crippen molar-refractivity contribution in [3.05, 3.63) is 47.8 Å². The Balaban J connectivity index is 1.81. The number of rotatable bonds is 6. The first kappa shape index (κ1) is 14.6. The molecule has 2 heterocycles. The normalized spacial score (nSPS) is 12.8. The van der Waals surface area contributed by atoms with E-state index in [4.69, 9.17) is 0 Å². The van der Waals surface area contributed by atoms with Gasteiger partial charge in [0.05, 0.1) is 17.6 Å². The van der Waals surface area contributed by atoms with Gasteiger partial charge in [0.25, 0.3) is 0 Å². The first-order valence-electron chi connectivity index (χ1n) is 6.60. The van der Waals surface area contributed by atoms with Crippen molar-refractivity contribution >= 4 is 0 Å². The zero-order valence-corrected chi connectivity index (χ0v) is 11.6. The molecule has 0 bridgehead atoms. The number of nitrogens with one attached hydrogen (secondary N) is 1. The fourth-order valence-electron chi connectivity index (χ4n) is 1.79. The highest BCUT2D eigenvalue weighted by Crippen LogP contribution is 2.09. The Morgan fingerprint density at radius 3 is 2.75 bits per heavy atom. The molecule has 2 aromatic rings. The highest BCUT2D eigenvalue weighted by atomic mass is 19.1. The molecular weight excluding hydrogens is 259 g/mol. The second-order valence-electron chi connectivity index (χ2n) is 4.93. The minimum atomic E-state index is -0.761. The van der Waals surface area contributed by atoms with E-state index in [1.54, 1.807) is 0 Å². The summed E-state index contributed by atoms with van der Waals surface area (Å²) < 4.78 is 14.6. The zero-order chi connectivity index (χ0) is 14.5. The fraction of sp³-hybridized carbons (Fsp3) is 0.429. The van der Waals surface area contributed by atoms with Crippen LogP contribution in [0, 0.1) is 5.82 Å². The van der Waals surface area contributed by atoms with Gasteiger partial charge in [-0.15, -0.1) is 0 Å². The van der Waals surface area contributed by atoms with Crippen molar-refractivity contribution in [2.24, 2.45) is 0 Å². The highest BCUT2D eigenvalue weighted by molar-refractivity contribution is 5.08. The summed E-state index contributed by atoms with van der Waals surface area (Å²) in [6, 6.07) is 5.04. The minimum absolute atomic E-state index is 0.331. The third kappa shape index (κ3) is 3.85. The van der Waals surface area contributed by atoms with E-state index in [1.807, 2.05) is 16.9 Å². The molecule has 2 rings (SSSR count).